The Balaban J connectivity index is 1.28. The minimum Gasteiger partial charge on any atom is -0.497 e. The molecule has 4 heteroatoms. The number of likely N-dealkylation sites (tertiary alicyclic amines) is 1. The summed E-state index contributed by atoms with van der Waals surface area (Å²) >= 11 is 1.59. The van der Waals surface area contributed by atoms with Crippen molar-refractivity contribution in [2.24, 2.45) is 5.92 Å². The molecule has 1 aliphatic heterocycles. The molecule has 0 amide bonds. The highest BCUT2D eigenvalue weighted by atomic mass is 32.1. The molecule has 1 saturated heterocycles. The monoisotopic (exact) mass is 366 g/mol. The zero-order valence-corrected chi connectivity index (χ0v) is 16.2. The number of methoxy groups -OCH3 is 1. The van der Waals surface area contributed by atoms with Crippen LogP contribution in [0.15, 0.2) is 48.5 Å². The Morgan fingerprint density at radius 1 is 1.12 bits per heavy atom. The Hall–Kier alpha value is -1.91. The molecule has 2 aromatic carbocycles. The fourth-order valence-corrected chi connectivity index (χ4v) is 4.74. The lowest BCUT2D eigenvalue weighted by molar-refractivity contribution is 0.172. The molecule has 0 spiro atoms. The normalized spacial score (nSPS) is 16.2. The molecule has 4 rings (SSSR count). The van der Waals surface area contributed by atoms with Crippen LogP contribution in [0.4, 0.5) is 0 Å². The molecule has 0 bridgehead atoms. The van der Waals surface area contributed by atoms with Gasteiger partial charge in [0.1, 0.15) is 5.75 Å². The second kappa shape index (κ2) is 8.19. The third-order valence-electron chi connectivity index (χ3n) is 5.50. The average Bonchev–Trinajstić information content (AvgIpc) is 3.10. The van der Waals surface area contributed by atoms with Gasteiger partial charge in [0.15, 0.2) is 0 Å². The average molecular weight is 367 g/mol. The van der Waals surface area contributed by atoms with Crippen LogP contribution in [0.3, 0.4) is 0 Å². The standard InChI is InChI=1S/C22H26N2OS/c1-25-19-8-9-20-21(23-26-22(20)15-19)10-7-17-11-13-24(14-12-17)16-18-5-3-2-4-6-18/h2-6,8-9,15,17H,7,10-14,16H2,1H3. The van der Waals surface area contributed by atoms with Gasteiger partial charge in [-0.3, -0.25) is 4.90 Å². The molecule has 136 valence electrons. The van der Waals surface area contributed by atoms with Crippen molar-refractivity contribution < 1.29 is 4.74 Å². The van der Waals surface area contributed by atoms with Crippen molar-refractivity contribution in [2.75, 3.05) is 20.2 Å². The first-order valence-electron chi connectivity index (χ1n) is 9.50. The van der Waals surface area contributed by atoms with Crippen molar-refractivity contribution in [2.45, 2.75) is 32.2 Å². The minimum atomic E-state index is 0.831. The van der Waals surface area contributed by atoms with Gasteiger partial charge in [0.05, 0.1) is 17.5 Å². The maximum Gasteiger partial charge on any atom is 0.120 e. The SMILES string of the molecule is COc1ccc2c(CCC3CCN(Cc4ccccc4)CC3)nsc2c1. The summed E-state index contributed by atoms with van der Waals surface area (Å²) in [6.45, 7) is 3.52. The van der Waals surface area contributed by atoms with E-state index in [0.717, 1.165) is 24.6 Å². The van der Waals surface area contributed by atoms with Gasteiger partial charge < -0.3 is 4.74 Å². The van der Waals surface area contributed by atoms with Crippen LogP contribution in [-0.4, -0.2) is 29.5 Å². The van der Waals surface area contributed by atoms with Gasteiger partial charge in [-0.2, -0.15) is 4.37 Å². The molecule has 2 heterocycles. The van der Waals surface area contributed by atoms with Crippen LogP contribution < -0.4 is 4.74 Å². The van der Waals surface area contributed by atoms with E-state index in [0.29, 0.717) is 0 Å². The van der Waals surface area contributed by atoms with E-state index in [2.05, 4.69) is 47.4 Å². The molecule has 26 heavy (non-hydrogen) atoms. The molecule has 3 nitrogen and oxygen atoms in total. The van der Waals surface area contributed by atoms with Crippen LogP contribution in [0.5, 0.6) is 5.75 Å². The lowest BCUT2D eigenvalue weighted by Gasteiger charge is -2.32. The number of aromatic nitrogens is 1. The summed E-state index contributed by atoms with van der Waals surface area (Å²) in [4.78, 5) is 2.59. The van der Waals surface area contributed by atoms with E-state index in [9.17, 15) is 0 Å². The Morgan fingerprint density at radius 2 is 1.92 bits per heavy atom. The van der Waals surface area contributed by atoms with Crippen molar-refractivity contribution in [1.82, 2.24) is 9.27 Å². The van der Waals surface area contributed by atoms with E-state index >= 15 is 0 Å². The van der Waals surface area contributed by atoms with Crippen molar-refractivity contribution >= 4 is 21.6 Å². The second-order valence-corrected chi connectivity index (χ2v) is 8.04. The maximum atomic E-state index is 5.31. The molecule has 0 radical (unpaired) electrons. The number of rotatable bonds is 6. The number of benzene rings is 2. The molecular formula is C22H26N2OS. The Bertz CT molecular complexity index is 838. The number of hydrogen-bond donors (Lipinski definition) is 0. The fourth-order valence-electron chi connectivity index (χ4n) is 3.89. The van der Waals surface area contributed by atoms with E-state index in [1.165, 1.54) is 53.7 Å². The van der Waals surface area contributed by atoms with Gasteiger partial charge in [0, 0.05) is 11.9 Å². The van der Waals surface area contributed by atoms with Gasteiger partial charge in [0.25, 0.3) is 0 Å². The van der Waals surface area contributed by atoms with Crippen molar-refractivity contribution in [1.29, 1.82) is 0 Å². The summed E-state index contributed by atoms with van der Waals surface area (Å²) < 4.78 is 11.2. The van der Waals surface area contributed by atoms with E-state index < -0.39 is 0 Å². The smallest absolute Gasteiger partial charge is 0.120 e. The van der Waals surface area contributed by atoms with E-state index in [4.69, 9.17) is 9.11 Å². The summed E-state index contributed by atoms with van der Waals surface area (Å²) in [5.74, 6) is 1.75. The summed E-state index contributed by atoms with van der Waals surface area (Å²) in [5, 5.41) is 1.30. The van der Waals surface area contributed by atoms with Crippen molar-refractivity contribution in [3.63, 3.8) is 0 Å². The zero-order valence-electron chi connectivity index (χ0n) is 15.4. The van der Waals surface area contributed by atoms with Gasteiger partial charge in [-0.1, -0.05) is 30.3 Å². The molecule has 1 aliphatic rings. The van der Waals surface area contributed by atoms with Gasteiger partial charge >= 0.3 is 0 Å². The first kappa shape index (κ1) is 17.5. The second-order valence-electron chi connectivity index (χ2n) is 7.24. The molecule has 1 aromatic heterocycles. The zero-order chi connectivity index (χ0) is 17.8. The molecule has 1 fully saturated rings. The molecule has 0 N–H and O–H groups in total. The van der Waals surface area contributed by atoms with Gasteiger partial charge in [-0.05, 0) is 80.0 Å². The van der Waals surface area contributed by atoms with Crippen molar-refractivity contribution in [3.8, 4) is 5.75 Å². The number of fused-ring (bicyclic) bond motifs is 1. The third-order valence-corrected chi connectivity index (χ3v) is 6.35. The number of hydrogen-bond acceptors (Lipinski definition) is 4. The molecular weight excluding hydrogens is 340 g/mol. The van der Waals surface area contributed by atoms with Crippen LogP contribution >= 0.6 is 11.5 Å². The number of piperidine rings is 1. The Morgan fingerprint density at radius 3 is 2.69 bits per heavy atom. The lowest BCUT2D eigenvalue weighted by atomic mass is 9.91. The number of nitrogens with zero attached hydrogens (tertiary/aromatic N) is 2. The minimum absolute atomic E-state index is 0.831. The van der Waals surface area contributed by atoms with Gasteiger partial charge in [-0.15, -0.1) is 0 Å². The number of ether oxygens (including phenoxy) is 1. The lowest BCUT2D eigenvalue weighted by Crippen LogP contribution is -2.33. The molecule has 0 unspecified atom stereocenters. The number of aryl methyl sites for hydroxylation is 1. The highest BCUT2D eigenvalue weighted by Gasteiger charge is 2.20. The Kier molecular flexibility index (Phi) is 5.51. The van der Waals surface area contributed by atoms with E-state index in [-0.39, 0.29) is 0 Å². The van der Waals surface area contributed by atoms with E-state index in [1.54, 1.807) is 18.6 Å². The highest BCUT2D eigenvalue weighted by Crippen LogP contribution is 2.30. The van der Waals surface area contributed by atoms with Crippen LogP contribution in [-0.2, 0) is 13.0 Å². The first-order chi connectivity index (χ1) is 12.8. The fraction of sp³-hybridized carbons (Fsp3) is 0.409. The quantitative estimate of drug-likeness (QED) is 0.603. The van der Waals surface area contributed by atoms with Gasteiger partial charge in [0.2, 0.25) is 0 Å². The van der Waals surface area contributed by atoms with Crippen LogP contribution in [0.1, 0.15) is 30.5 Å². The van der Waals surface area contributed by atoms with E-state index in [1.807, 2.05) is 6.07 Å². The first-order valence-corrected chi connectivity index (χ1v) is 10.3. The largest absolute Gasteiger partial charge is 0.497 e. The summed E-state index contributed by atoms with van der Waals surface area (Å²) in [5.41, 5.74) is 2.69. The summed E-state index contributed by atoms with van der Waals surface area (Å²) in [6, 6.07) is 17.1. The van der Waals surface area contributed by atoms with Crippen LogP contribution in [0.2, 0.25) is 0 Å². The Labute approximate surface area is 159 Å². The molecule has 0 atom stereocenters. The summed E-state index contributed by atoms with van der Waals surface area (Å²) in [6.07, 6.45) is 4.96. The van der Waals surface area contributed by atoms with Crippen LogP contribution in [0.25, 0.3) is 10.1 Å². The molecule has 0 saturated carbocycles. The topological polar surface area (TPSA) is 25.4 Å². The van der Waals surface area contributed by atoms with Gasteiger partial charge in [-0.25, -0.2) is 0 Å². The predicted molar refractivity (Wildman–Crippen MR) is 109 cm³/mol. The predicted octanol–water partition coefficient (Wildman–Crippen LogP) is 5.15. The molecule has 3 aromatic rings. The third kappa shape index (κ3) is 4.08. The van der Waals surface area contributed by atoms with Crippen molar-refractivity contribution in [3.05, 3.63) is 59.8 Å². The van der Waals surface area contributed by atoms with Crippen LogP contribution in [0, 0.1) is 5.92 Å². The maximum absolute atomic E-state index is 5.31. The molecule has 0 aliphatic carbocycles. The highest BCUT2D eigenvalue weighted by molar-refractivity contribution is 7.13. The summed E-state index contributed by atoms with van der Waals surface area (Å²) in [7, 11) is 1.72.